The lowest BCUT2D eigenvalue weighted by molar-refractivity contribution is -0.121. The van der Waals surface area contributed by atoms with Crippen LogP contribution in [0.3, 0.4) is 0 Å². The van der Waals surface area contributed by atoms with Crippen LogP contribution in [-0.2, 0) is 11.3 Å². The average Bonchev–Trinajstić information content (AvgIpc) is 2.59. The standard InChI is InChI=1S/C10H15BrN2O2/c1-6(2)9(11)10(14)13-5-8-12-4-7(3)15-8/h4,6,9H,5H2,1-3H3,(H,13,14). The first-order valence-electron chi connectivity index (χ1n) is 4.83. The lowest BCUT2D eigenvalue weighted by Gasteiger charge is -2.12. The number of aromatic nitrogens is 1. The Labute approximate surface area is 97.6 Å². The topological polar surface area (TPSA) is 55.1 Å². The van der Waals surface area contributed by atoms with Crippen molar-refractivity contribution < 1.29 is 9.21 Å². The van der Waals surface area contributed by atoms with Gasteiger partial charge in [-0.15, -0.1) is 0 Å². The Hall–Kier alpha value is -0.840. The van der Waals surface area contributed by atoms with E-state index in [1.807, 2.05) is 20.8 Å². The van der Waals surface area contributed by atoms with Gasteiger partial charge in [0.05, 0.1) is 17.6 Å². The molecule has 5 heteroatoms. The Morgan fingerprint density at radius 1 is 1.67 bits per heavy atom. The number of hydrogen-bond acceptors (Lipinski definition) is 3. The average molecular weight is 275 g/mol. The zero-order chi connectivity index (χ0) is 11.4. The molecule has 1 unspecified atom stereocenters. The normalized spacial score (nSPS) is 12.9. The largest absolute Gasteiger partial charge is 0.444 e. The molecule has 0 fully saturated rings. The molecule has 1 atom stereocenters. The van der Waals surface area contributed by atoms with Gasteiger partial charge in [0.25, 0.3) is 0 Å². The molecule has 0 aromatic carbocycles. The number of aryl methyl sites for hydroxylation is 1. The van der Waals surface area contributed by atoms with Gasteiger partial charge in [-0.1, -0.05) is 29.8 Å². The minimum Gasteiger partial charge on any atom is -0.444 e. The summed E-state index contributed by atoms with van der Waals surface area (Å²) >= 11 is 3.32. The smallest absolute Gasteiger partial charge is 0.234 e. The highest BCUT2D eigenvalue weighted by atomic mass is 79.9. The molecule has 1 aromatic heterocycles. The first kappa shape index (κ1) is 12.2. The Bertz CT molecular complexity index is 336. The minimum absolute atomic E-state index is 0.0409. The molecule has 0 aliphatic rings. The number of nitrogens with one attached hydrogen (secondary N) is 1. The van der Waals surface area contributed by atoms with Gasteiger partial charge in [-0.3, -0.25) is 4.79 Å². The van der Waals surface area contributed by atoms with Crippen LogP contribution in [0.4, 0.5) is 0 Å². The number of amides is 1. The van der Waals surface area contributed by atoms with Crippen LogP contribution in [0.5, 0.6) is 0 Å². The summed E-state index contributed by atoms with van der Waals surface area (Å²) in [5, 5.41) is 2.75. The van der Waals surface area contributed by atoms with E-state index in [-0.39, 0.29) is 16.7 Å². The Morgan fingerprint density at radius 3 is 2.80 bits per heavy atom. The quantitative estimate of drug-likeness (QED) is 0.855. The monoisotopic (exact) mass is 274 g/mol. The van der Waals surface area contributed by atoms with Crippen molar-refractivity contribution in [2.45, 2.75) is 32.1 Å². The summed E-state index contributed by atoms with van der Waals surface area (Å²) in [5.74, 6) is 1.50. The fraction of sp³-hybridized carbons (Fsp3) is 0.600. The molecule has 1 aromatic rings. The van der Waals surface area contributed by atoms with Gasteiger partial charge in [-0.05, 0) is 12.8 Å². The second-order valence-electron chi connectivity index (χ2n) is 3.73. The summed E-state index contributed by atoms with van der Waals surface area (Å²) in [5.41, 5.74) is 0. The van der Waals surface area contributed by atoms with Gasteiger partial charge in [-0.2, -0.15) is 0 Å². The highest BCUT2D eigenvalue weighted by Gasteiger charge is 2.18. The Balaban J connectivity index is 2.40. The van der Waals surface area contributed by atoms with E-state index in [0.717, 1.165) is 5.76 Å². The van der Waals surface area contributed by atoms with Gasteiger partial charge in [0.2, 0.25) is 11.8 Å². The predicted octanol–water partition coefficient (Wildman–Crippen LogP) is 2.02. The van der Waals surface area contributed by atoms with Crippen LogP contribution in [0.1, 0.15) is 25.5 Å². The van der Waals surface area contributed by atoms with E-state index >= 15 is 0 Å². The molecule has 0 aliphatic carbocycles. The molecular formula is C10H15BrN2O2. The maximum atomic E-state index is 11.5. The Morgan fingerprint density at radius 2 is 2.33 bits per heavy atom. The molecular weight excluding hydrogens is 260 g/mol. The SMILES string of the molecule is Cc1cnc(CNC(=O)C(Br)C(C)C)o1. The number of hydrogen-bond donors (Lipinski definition) is 1. The van der Waals surface area contributed by atoms with Crippen LogP contribution in [0.15, 0.2) is 10.6 Å². The summed E-state index contributed by atoms with van der Waals surface area (Å²) in [7, 11) is 0. The van der Waals surface area contributed by atoms with Gasteiger partial charge in [-0.25, -0.2) is 4.98 Å². The maximum Gasteiger partial charge on any atom is 0.234 e. The highest BCUT2D eigenvalue weighted by molar-refractivity contribution is 9.10. The Kier molecular flexibility index (Phi) is 4.32. The second kappa shape index (κ2) is 5.30. The van der Waals surface area contributed by atoms with Crippen LogP contribution >= 0.6 is 15.9 Å². The summed E-state index contributed by atoms with van der Waals surface area (Å²) < 4.78 is 5.23. The van der Waals surface area contributed by atoms with Crippen LogP contribution in [0, 0.1) is 12.8 Å². The first-order chi connectivity index (χ1) is 7.00. The molecule has 0 bridgehead atoms. The van der Waals surface area contributed by atoms with Crippen molar-refractivity contribution in [3.8, 4) is 0 Å². The molecule has 15 heavy (non-hydrogen) atoms. The van der Waals surface area contributed by atoms with Gasteiger partial charge >= 0.3 is 0 Å². The molecule has 0 radical (unpaired) electrons. The molecule has 0 aliphatic heterocycles. The minimum atomic E-state index is -0.173. The van der Waals surface area contributed by atoms with Crippen molar-refractivity contribution in [2.75, 3.05) is 0 Å². The third kappa shape index (κ3) is 3.66. The number of halogens is 1. The van der Waals surface area contributed by atoms with Crippen molar-refractivity contribution in [3.63, 3.8) is 0 Å². The number of carbonyl (C=O) groups excluding carboxylic acids is 1. The van der Waals surface area contributed by atoms with E-state index in [1.54, 1.807) is 6.20 Å². The molecule has 1 heterocycles. The summed E-state index contributed by atoms with van der Waals surface area (Å²) in [6.07, 6.45) is 1.63. The van der Waals surface area contributed by atoms with E-state index in [4.69, 9.17) is 4.42 Å². The summed E-state index contributed by atoms with van der Waals surface area (Å²) in [6.45, 7) is 6.11. The number of nitrogens with zero attached hydrogens (tertiary/aromatic N) is 1. The second-order valence-corrected chi connectivity index (χ2v) is 4.71. The summed E-state index contributed by atoms with van der Waals surface area (Å²) in [6, 6.07) is 0. The molecule has 4 nitrogen and oxygen atoms in total. The lowest BCUT2D eigenvalue weighted by atomic mass is 10.1. The van der Waals surface area contributed by atoms with Crippen LogP contribution in [-0.4, -0.2) is 15.7 Å². The number of carbonyl (C=O) groups is 1. The van der Waals surface area contributed by atoms with Gasteiger partial charge in [0.15, 0.2) is 0 Å². The van der Waals surface area contributed by atoms with E-state index in [0.29, 0.717) is 12.4 Å². The molecule has 1 amide bonds. The van der Waals surface area contributed by atoms with Gasteiger partial charge < -0.3 is 9.73 Å². The zero-order valence-electron chi connectivity index (χ0n) is 9.08. The third-order valence-corrected chi connectivity index (χ3v) is 3.39. The predicted molar refractivity (Wildman–Crippen MR) is 60.6 cm³/mol. The maximum absolute atomic E-state index is 11.5. The fourth-order valence-corrected chi connectivity index (χ4v) is 1.21. The highest BCUT2D eigenvalue weighted by Crippen LogP contribution is 2.12. The molecule has 0 saturated carbocycles. The molecule has 1 rings (SSSR count). The fourth-order valence-electron chi connectivity index (χ4n) is 1.05. The van der Waals surface area contributed by atoms with Crippen molar-refractivity contribution >= 4 is 21.8 Å². The lowest BCUT2D eigenvalue weighted by Crippen LogP contribution is -2.33. The van der Waals surface area contributed by atoms with Gasteiger partial charge in [0.1, 0.15) is 5.76 Å². The number of alkyl halides is 1. The molecule has 84 valence electrons. The van der Waals surface area contributed by atoms with E-state index in [2.05, 4.69) is 26.2 Å². The zero-order valence-corrected chi connectivity index (χ0v) is 10.7. The molecule has 1 N–H and O–H groups in total. The first-order valence-corrected chi connectivity index (χ1v) is 5.75. The van der Waals surface area contributed by atoms with E-state index in [1.165, 1.54) is 0 Å². The van der Waals surface area contributed by atoms with Gasteiger partial charge in [0, 0.05) is 0 Å². The van der Waals surface area contributed by atoms with Crippen molar-refractivity contribution in [2.24, 2.45) is 5.92 Å². The summed E-state index contributed by atoms with van der Waals surface area (Å²) in [4.78, 5) is 15.4. The van der Waals surface area contributed by atoms with Crippen molar-refractivity contribution in [1.82, 2.24) is 10.3 Å². The molecule has 0 saturated heterocycles. The third-order valence-electron chi connectivity index (χ3n) is 1.92. The van der Waals surface area contributed by atoms with E-state index < -0.39 is 0 Å². The van der Waals surface area contributed by atoms with Crippen molar-refractivity contribution in [1.29, 1.82) is 0 Å². The van der Waals surface area contributed by atoms with Crippen molar-refractivity contribution in [3.05, 3.63) is 17.8 Å². The van der Waals surface area contributed by atoms with Crippen LogP contribution in [0.2, 0.25) is 0 Å². The number of oxazole rings is 1. The number of rotatable bonds is 4. The molecule has 0 spiro atoms. The van der Waals surface area contributed by atoms with E-state index in [9.17, 15) is 4.79 Å². The van der Waals surface area contributed by atoms with Crippen LogP contribution in [0.25, 0.3) is 0 Å². The van der Waals surface area contributed by atoms with Crippen LogP contribution < -0.4 is 5.32 Å².